The summed E-state index contributed by atoms with van der Waals surface area (Å²) >= 11 is 0. The van der Waals surface area contributed by atoms with E-state index >= 15 is 0 Å². The molecule has 14 heavy (non-hydrogen) atoms. The van der Waals surface area contributed by atoms with Gasteiger partial charge in [0.1, 0.15) is 12.4 Å². The summed E-state index contributed by atoms with van der Waals surface area (Å²) in [7, 11) is 0. The van der Waals surface area contributed by atoms with Gasteiger partial charge in [0.15, 0.2) is 0 Å². The van der Waals surface area contributed by atoms with E-state index in [0.29, 0.717) is 0 Å². The van der Waals surface area contributed by atoms with E-state index in [2.05, 4.69) is 20.5 Å². The zero-order chi connectivity index (χ0) is 9.38. The lowest BCUT2D eigenvalue weighted by atomic mass is 10.3. The van der Waals surface area contributed by atoms with Crippen LogP contribution in [0.15, 0.2) is 24.7 Å². The molecular weight excluding hydrogens is 182 g/mol. The molecule has 3 rings (SSSR count). The Hall–Kier alpha value is -1.82. The Kier molecular flexibility index (Phi) is 1.54. The van der Waals surface area contributed by atoms with Crippen LogP contribution in [-0.2, 0) is 4.74 Å². The zero-order valence-corrected chi connectivity index (χ0v) is 7.24. The van der Waals surface area contributed by atoms with Crippen LogP contribution in [0.1, 0.15) is 11.8 Å². The third-order valence-electron chi connectivity index (χ3n) is 2.05. The van der Waals surface area contributed by atoms with Crippen LogP contribution in [0.3, 0.4) is 0 Å². The Morgan fingerprint density at radius 1 is 1.43 bits per heavy atom. The van der Waals surface area contributed by atoms with Gasteiger partial charge in [-0.05, 0) is 22.6 Å². The molecule has 1 fully saturated rings. The molecule has 0 amide bonds. The van der Waals surface area contributed by atoms with Crippen molar-refractivity contribution in [1.29, 1.82) is 0 Å². The van der Waals surface area contributed by atoms with E-state index in [9.17, 15) is 0 Å². The summed E-state index contributed by atoms with van der Waals surface area (Å²) in [6, 6.07) is 3.84. The Morgan fingerprint density at radius 2 is 2.36 bits per heavy atom. The molecule has 0 bridgehead atoms. The highest BCUT2D eigenvalue weighted by Gasteiger charge is 2.25. The lowest BCUT2D eigenvalue weighted by molar-refractivity contribution is 0.411. The number of ether oxygens (including phenoxy) is 1. The van der Waals surface area contributed by atoms with Crippen LogP contribution in [0.5, 0.6) is 0 Å². The van der Waals surface area contributed by atoms with Crippen molar-refractivity contribution >= 4 is 0 Å². The number of epoxide rings is 1. The van der Waals surface area contributed by atoms with Crippen molar-refractivity contribution in [2.75, 3.05) is 6.61 Å². The summed E-state index contributed by atoms with van der Waals surface area (Å²) in [4.78, 5) is 4.26. The lowest BCUT2D eigenvalue weighted by Gasteiger charge is -1.98. The normalized spacial score (nSPS) is 19.6. The first kappa shape index (κ1) is 7.57. The van der Waals surface area contributed by atoms with E-state index < -0.39 is 0 Å². The second-order valence-electron chi connectivity index (χ2n) is 3.02. The minimum Gasteiger partial charge on any atom is -0.366 e. The lowest BCUT2D eigenvalue weighted by Crippen LogP contribution is -1.97. The van der Waals surface area contributed by atoms with Gasteiger partial charge >= 0.3 is 0 Å². The maximum atomic E-state index is 5.12. The van der Waals surface area contributed by atoms with Crippen LogP contribution in [0.25, 0.3) is 5.69 Å². The van der Waals surface area contributed by atoms with Crippen molar-refractivity contribution in [1.82, 2.24) is 25.2 Å². The fraction of sp³-hybridized carbons (Fsp3) is 0.250. The maximum absolute atomic E-state index is 5.12. The van der Waals surface area contributed by atoms with E-state index in [4.69, 9.17) is 4.74 Å². The maximum Gasteiger partial charge on any atom is 0.143 e. The first-order valence-corrected chi connectivity index (χ1v) is 4.24. The molecule has 0 radical (unpaired) electrons. The smallest absolute Gasteiger partial charge is 0.143 e. The average molecular weight is 189 g/mol. The van der Waals surface area contributed by atoms with Gasteiger partial charge in [-0.2, -0.15) is 4.68 Å². The summed E-state index contributed by atoms with van der Waals surface area (Å²) in [5.74, 6) is 0. The third-order valence-corrected chi connectivity index (χ3v) is 2.05. The summed E-state index contributed by atoms with van der Waals surface area (Å²) < 4.78 is 6.68. The Bertz CT molecular complexity index is 420. The first-order chi connectivity index (χ1) is 6.93. The highest BCUT2D eigenvalue weighted by molar-refractivity contribution is 5.28. The highest BCUT2D eigenvalue weighted by Crippen LogP contribution is 2.27. The molecule has 0 saturated carbocycles. The standard InChI is InChI=1S/C8H7N5O/c1-2-7(8-4-14-8)9-3-6(1)13-5-10-11-12-13/h1-3,5,8H,4H2. The highest BCUT2D eigenvalue weighted by atomic mass is 16.6. The molecule has 70 valence electrons. The quantitative estimate of drug-likeness (QED) is 0.628. The van der Waals surface area contributed by atoms with Gasteiger partial charge in [-0.1, -0.05) is 0 Å². The number of rotatable bonds is 2. The van der Waals surface area contributed by atoms with E-state index in [1.165, 1.54) is 6.33 Å². The number of tetrazole rings is 1. The molecule has 1 saturated heterocycles. The van der Waals surface area contributed by atoms with Gasteiger partial charge in [-0.15, -0.1) is 5.10 Å². The molecule has 6 heteroatoms. The second kappa shape index (κ2) is 2.85. The van der Waals surface area contributed by atoms with Gasteiger partial charge in [0, 0.05) is 0 Å². The van der Waals surface area contributed by atoms with Crippen molar-refractivity contribution < 1.29 is 4.74 Å². The van der Waals surface area contributed by atoms with Gasteiger partial charge in [-0.25, -0.2) is 0 Å². The third kappa shape index (κ3) is 1.25. The molecule has 0 N–H and O–H groups in total. The van der Waals surface area contributed by atoms with Crippen LogP contribution in [0, 0.1) is 0 Å². The number of hydrogen-bond donors (Lipinski definition) is 0. The molecule has 6 nitrogen and oxygen atoms in total. The predicted molar refractivity (Wildman–Crippen MR) is 45.6 cm³/mol. The Balaban J connectivity index is 1.93. The Morgan fingerprint density at radius 3 is 2.93 bits per heavy atom. The summed E-state index contributed by atoms with van der Waals surface area (Å²) in [6.45, 7) is 0.775. The number of hydrogen-bond acceptors (Lipinski definition) is 5. The largest absolute Gasteiger partial charge is 0.366 e. The monoisotopic (exact) mass is 189 g/mol. The zero-order valence-electron chi connectivity index (χ0n) is 7.24. The minimum absolute atomic E-state index is 0.193. The van der Waals surface area contributed by atoms with Gasteiger partial charge in [0.2, 0.25) is 0 Å². The van der Waals surface area contributed by atoms with Crippen molar-refractivity contribution in [3.63, 3.8) is 0 Å². The van der Waals surface area contributed by atoms with E-state index in [1.807, 2.05) is 12.1 Å². The van der Waals surface area contributed by atoms with Gasteiger partial charge in [-0.3, -0.25) is 4.98 Å². The fourth-order valence-corrected chi connectivity index (χ4v) is 1.22. The molecule has 2 aromatic heterocycles. The van der Waals surface area contributed by atoms with Crippen LogP contribution < -0.4 is 0 Å². The topological polar surface area (TPSA) is 69.0 Å². The van der Waals surface area contributed by atoms with Crippen molar-refractivity contribution in [2.45, 2.75) is 6.10 Å². The molecule has 1 unspecified atom stereocenters. The van der Waals surface area contributed by atoms with Crippen LogP contribution in [-0.4, -0.2) is 31.8 Å². The second-order valence-corrected chi connectivity index (χ2v) is 3.02. The van der Waals surface area contributed by atoms with E-state index in [0.717, 1.165) is 18.0 Å². The molecule has 0 spiro atoms. The van der Waals surface area contributed by atoms with Crippen molar-refractivity contribution in [3.8, 4) is 5.69 Å². The number of nitrogens with zero attached hydrogens (tertiary/aromatic N) is 5. The van der Waals surface area contributed by atoms with Gasteiger partial charge in [0.25, 0.3) is 0 Å². The summed E-state index contributed by atoms with van der Waals surface area (Å²) in [6.07, 6.45) is 3.45. The SMILES string of the molecule is c1cc(C2CO2)ncc1-n1cnnn1. The summed E-state index contributed by atoms with van der Waals surface area (Å²) in [5.41, 5.74) is 1.81. The molecule has 0 aliphatic carbocycles. The molecule has 2 aromatic rings. The minimum atomic E-state index is 0.193. The number of aromatic nitrogens is 5. The van der Waals surface area contributed by atoms with E-state index in [-0.39, 0.29) is 6.10 Å². The summed E-state index contributed by atoms with van der Waals surface area (Å²) in [5, 5.41) is 10.9. The fourth-order valence-electron chi connectivity index (χ4n) is 1.22. The molecule has 0 aromatic carbocycles. The van der Waals surface area contributed by atoms with Crippen LogP contribution in [0.4, 0.5) is 0 Å². The molecule has 1 atom stereocenters. The Labute approximate surface area is 79.5 Å². The predicted octanol–water partition coefficient (Wildman–Crippen LogP) is 0.129. The van der Waals surface area contributed by atoms with Gasteiger partial charge in [0.05, 0.1) is 24.2 Å². The molecule has 1 aliphatic rings. The van der Waals surface area contributed by atoms with Crippen LogP contribution >= 0.6 is 0 Å². The van der Waals surface area contributed by atoms with Crippen molar-refractivity contribution in [3.05, 3.63) is 30.4 Å². The van der Waals surface area contributed by atoms with E-state index in [1.54, 1.807) is 10.9 Å². The van der Waals surface area contributed by atoms with Crippen LogP contribution in [0.2, 0.25) is 0 Å². The average Bonchev–Trinajstić information content (AvgIpc) is 2.94. The van der Waals surface area contributed by atoms with Crippen molar-refractivity contribution in [2.24, 2.45) is 0 Å². The first-order valence-electron chi connectivity index (χ1n) is 4.24. The van der Waals surface area contributed by atoms with Gasteiger partial charge < -0.3 is 4.74 Å². The number of pyridine rings is 1. The molecule has 1 aliphatic heterocycles. The molecular formula is C8H7N5O. The molecule has 3 heterocycles.